The van der Waals surface area contributed by atoms with Crippen LogP contribution in [0.15, 0.2) is 48.5 Å². The molecule has 0 fully saturated rings. The summed E-state index contributed by atoms with van der Waals surface area (Å²) in [7, 11) is 0. The molecule has 2 aromatic carbocycles. The van der Waals surface area contributed by atoms with Gasteiger partial charge in [0.2, 0.25) is 0 Å². The van der Waals surface area contributed by atoms with Crippen LogP contribution in [0.5, 0.6) is 5.75 Å². The Morgan fingerprint density at radius 2 is 1.84 bits per heavy atom. The first-order valence-corrected chi connectivity index (χ1v) is 10.6. The highest BCUT2D eigenvalue weighted by Gasteiger charge is 2.23. The van der Waals surface area contributed by atoms with Crippen molar-refractivity contribution in [3.8, 4) is 5.75 Å². The monoisotopic (exact) mass is 427 g/mol. The predicted octanol–water partition coefficient (Wildman–Crippen LogP) is 5.68. The second-order valence-electron chi connectivity index (χ2n) is 8.39. The first-order chi connectivity index (χ1) is 14.7. The van der Waals surface area contributed by atoms with Crippen LogP contribution in [-0.4, -0.2) is 30.4 Å². The Bertz CT molecular complexity index is 858. The van der Waals surface area contributed by atoms with Gasteiger partial charge in [-0.2, -0.15) is 0 Å². The molecule has 0 saturated heterocycles. The van der Waals surface area contributed by atoms with E-state index in [-0.39, 0.29) is 18.5 Å². The number of aryl methyl sites for hydroxylation is 2. The number of fused-ring (bicyclic) bond motifs is 1. The van der Waals surface area contributed by atoms with Crippen LogP contribution in [0.1, 0.15) is 51.7 Å². The third-order valence-electron chi connectivity index (χ3n) is 4.38. The van der Waals surface area contributed by atoms with Gasteiger partial charge in [-0.3, -0.25) is 10.1 Å². The van der Waals surface area contributed by atoms with Crippen molar-refractivity contribution in [2.75, 3.05) is 11.9 Å². The zero-order valence-corrected chi connectivity index (χ0v) is 19.1. The smallest absolute Gasteiger partial charge is 0.412 e. The zero-order valence-electron chi connectivity index (χ0n) is 19.1. The van der Waals surface area contributed by atoms with E-state index in [4.69, 9.17) is 14.2 Å². The highest BCUT2D eigenvalue weighted by molar-refractivity contribution is 5.85. The Morgan fingerprint density at radius 3 is 2.42 bits per heavy atom. The van der Waals surface area contributed by atoms with E-state index in [1.807, 2.05) is 45.0 Å². The molecule has 1 aliphatic rings. The lowest BCUT2D eigenvalue weighted by molar-refractivity contribution is -0.145. The van der Waals surface area contributed by atoms with Crippen LogP contribution in [0.3, 0.4) is 0 Å². The van der Waals surface area contributed by atoms with E-state index >= 15 is 0 Å². The molecule has 0 aliphatic carbocycles. The molecule has 3 rings (SSSR count). The molecule has 1 unspecified atom stereocenters. The molecule has 31 heavy (non-hydrogen) atoms. The Morgan fingerprint density at radius 1 is 1.13 bits per heavy atom. The van der Waals surface area contributed by atoms with Crippen molar-refractivity contribution < 1.29 is 23.8 Å². The van der Waals surface area contributed by atoms with Gasteiger partial charge in [0.05, 0.1) is 13.0 Å². The molecule has 0 bridgehead atoms. The van der Waals surface area contributed by atoms with Gasteiger partial charge in [0.1, 0.15) is 17.5 Å². The number of benzene rings is 2. The van der Waals surface area contributed by atoms with Crippen LogP contribution in [0, 0.1) is 6.92 Å². The Labute approximate surface area is 184 Å². The molecule has 1 N–H and O–H groups in total. The van der Waals surface area contributed by atoms with Gasteiger partial charge in [-0.15, -0.1) is 0 Å². The van der Waals surface area contributed by atoms with Gasteiger partial charge in [0.15, 0.2) is 0 Å². The maximum absolute atomic E-state index is 11.8. The second-order valence-corrected chi connectivity index (χ2v) is 8.39. The predicted molar refractivity (Wildman–Crippen MR) is 121 cm³/mol. The standard InChI is InChI=1S/C18H25NO5.C7H8/c1-5-22-16(20)11-14-8-6-12-10-13(7-9-15(12)23-14)19-17(21)24-18(2,3)4;1-7-5-3-2-4-6-7/h7,9-10,14H,5-6,8,11H2,1-4H3,(H,19,21);2-6H,1H3. The minimum absolute atomic E-state index is 0.166. The van der Waals surface area contributed by atoms with E-state index in [9.17, 15) is 9.59 Å². The normalized spacial score (nSPS) is 14.8. The summed E-state index contributed by atoms with van der Waals surface area (Å²) in [4.78, 5) is 23.4. The quantitative estimate of drug-likeness (QED) is 0.636. The van der Waals surface area contributed by atoms with Gasteiger partial charge in [-0.25, -0.2) is 4.79 Å². The first kappa shape index (κ1) is 24.3. The number of hydrogen-bond acceptors (Lipinski definition) is 5. The van der Waals surface area contributed by atoms with Crippen molar-refractivity contribution in [2.45, 2.75) is 65.6 Å². The van der Waals surface area contributed by atoms with Gasteiger partial charge < -0.3 is 14.2 Å². The minimum Gasteiger partial charge on any atom is -0.490 e. The van der Waals surface area contributed by atoms with Crippen LogP contribution in [0.2, 0.25) is 0 Å². The van der Waals surface area contributed by atoms with Gasteiger partial charge in [-0.1, -0.05) is 35.9 Å². The van der Waals surface area contributed by atoms with E-state index in [0.717, 1.165) is 24.2 Å². The van der Waals surface area contributed by atoms with Crippen LogP contribution < -0.4 is 10.1 Å². The summed E-state index contributed by atoms with van der Waals surface area (Å²) >= 11 is 0. The summed E-state index contributed by atoms with van der Waals surface area (Å²) in [5.74, 6) is 0.499. The summed E-state index contributed by atoms with van der Waals surface area (Å²) in [6.07, 6.45) is 1.12. The van der Waals surface area contributed by atoms with Crippen LogP contribution >= 0.6 is 0 Å². The Kier molecular flexibility index (Phi) is 8.91. The average molecular weight is 428 g/mol. The number of anilines is 1. The SMILES string of the molecule is CCOC(=O)CC1CCc2cc(NC(=O)OC(C)(C)C)ccc2O1.Cc1ccccc1. The summed E-state index contributed by atoms with van der Waals surface area (Å²) in [6.45, 7) is 9.70. The lowest BCUT2D eigenvalue weighted by Gasteiger charge is -2.26. The number of rotatable bonds is 4. The fraction of sp³-hybridized carbons (Fsp3) is 0.440. The Hall–Kier alpha value is -3.02. The molecular formula is C25H33NO5. The number of nitrogens with one attached hydrogen (secondary N) is 1. The molecule has 1 atom stereocenters. The maximum Gasteiger partial charge on any atom is 0.412 e. The molecule has 2 aromatic rings. The Balaban J connectivity index is 0.000000412. The van der Waals surface area contributed by atoms with Gasteiger partial charge >= 0.3 is 12.1 Å². The number of ether oxygens (including phenoxy) is 3. The van der Waals surface area contributed by atoms with Crippen LogP contribution in [0.25, 0.3) is 0 Å². The highest BCUT2D eigenvalue weighted by Crippen LogP contribution is 2.31. The summed E-state index contributed by atoms with van der Waals surface area (Å²) in [5, 5.41) is 2.72. The molecule has 1 aliphatic heterocycles. The van der Waals surface area contributed by atoms with E-state index < -0.39 is 11.7 Å². The molecule has 6 heteroatoms. The van der Waals surface area contributed by atoms with Crippen molar-refractivity contribution in [3.05, 3.63) is 59.7 Å². The summed E-state index contributed by atoms with van der Waals surface area (Å²) < 4.78 is 16.0. The third-order valence-corrected chi connectivity index (χ3v) is 4.38. The van der Waals surface area contributed by atoms with E-state index in [1.165, 1.54) is 5.56 Å². The number of esters is 1. The van der Waals surface area contributed by atoms with Crippen LogP contribution in [0.4, 0.5) is 10.5 Å². The van der Waals surface area contributed by atoms with E-state index in [0.29, 0.717) is 12.3 Å². The molecule has 6 nitrogen and oxygen atoms in total. The van der Waals surface area contributed by atoms with Crippen molar-refractivity contribution in [1.82, 2.24) is 0 Å². The average Bonchev–Trinajstić information content (AvgIpc) is 2.68. The molecule has 1 amide bonds. The molecule has 0 aromatic heterocycles. The van der Waals surface area contributed by atoms with Gasteiger partial charge in [-0.05, 0) is 71.2 Å². The molecule has 1 heterocycles. The second kappa shape index (κ2) is 11.4. The molecule has 0 spiro atoms. The van der Waals surface area contributed by atoms with E-state index in [1.54, 1.807) is 19.1 Å². The lowest BCUT2D eigenvalue weighted by Crippen LogP contribution is -2.28. The summed E-state index contributed by atoms with van der Waals surface area (Å²) in [5.41, 5.74) is 2.45. The molecular weight excluding hydrogens is 394 g/mol. The van der Waals surface area contributed by atoms with E-state index in [2.05, 4.69) is 24.4 Å². The maximum atomic E-state index is 11.8. The third kappa shape index (κ3) is 9.11. The van der Waals surface area contributed by atoms with Crippen molar-refractivity contribution in [1.29, 1.82) is 0 Å². The largest absolute Gasteiger partial charge is 0.490 e. The molecule has 168 valence electrons. The van der Waals surface area contributed by atoms with Crippen LogP contribution in [-0.2, 0) is 20.7 Å². The zero-order chi connectivity index (χ0) is 22.9. The fourth-order valence-electron chi connectivity index (χ4n) is 3.03. The van der Waals surface area contributed by atoms with Crippen molar-refractivity contribution >= 4 is 17.7 Å². The topological polar surface area (TPSA) is 73.9 Å². The fourth-order valence-corrected chi connectivity index (χ4v) is 3.03. The lowest BCUT2D eigenvalue weighted by atomic mass is 10.00. The minimum atomic E-state index is -0.540. The molecule has 0 radical (unpaired) electrons. The summed E-state index contributed by atoms with van der Waals surface area (Å²) in [6, 6.07) is 15.7. The molecule has 0 saturated carbocycles. The number of amides is 1. The van der Waals surface area contributed by atoms with Gasteiger partial charge in [0, 0.05) is 5.69 Å². The van der Waals surface area contributed by atoms with Crippen molar-refractivity contribution in [3.63, 3.8) is 0 Å². The number of carbonyl (C=O) groups excluding carboxylic acids is 2. The van der Waals surface area contributed by atoms with Gasteiger partial charge in [0.25, 0.3) is 0 Å². The highest BCUT2D eigenvalue weighted by atomic mass is 16.6. The van der Waals surface area contributed by atoms with Crippen molar-refractivity contribution in [2.24, 2.45) is 0 Å². The first-order valence-electron chi connectivity index (χ1n) is 10.6. The number of carbonyl (C=O) groups is 2. The number of hydrogen-bond donors (Lipinski definition) is 1.